The molecule has 2 saturated carbocycles. The number of rotatable bonds is 22. The van der Waals surface area contributed by atoms with E-state index in [9.17, 15) is 24.6 Å². The number of halogens is 4. The van der Waals surface area contributed by atoms with Gasteiger partial charge < -0.3 is 28.3 Å². The Balaban J connectivity index is 0.000000209. The molecule has 2 aliphatic rings. The molecule has 17 heteroatoms. The van der Waals surface area contributed by atoms with E-state index in [2.05, 4.69) is 62.2 Å². The Kier molecular flexibility index (Phi) is 17.8. The van der Waals surface area contributed by atoms with Crippen LogP contribution >= 0.6 is 46.4 Å². The number of carboxylic acid groups (broad SMARTS) is 1. The summed E-state index contributed by atoms with van der Waals surface area (Å²) < 4.78 is 22.8. The molecule has 6 aromatic rings. The van der Waals surface area contributed by atoms with Gasteiger partial charge in [0.1, 0.15) is 23.1 Å². The van der Waals surface area contributed by atoms with Gasteiger partial charge in [-0.1, -0.05) is 121 Å². The summed E-state index contributed by atoms with van der Waals surface area (Å²) in [7, 11) is 0. The van der Waals surface area contributed by atoms with E-state index in [0.29, 0.717) is 79.4 Å². The summed E-state index contributed by atoms with van der Waals surface area (Å²) in [6.07, 6.45) is 7.72. The van der Waals surface area contributed by atoms with Crippen molar-refractivity contribution >= 4 is 63.9 Å². The lowest BCUT2D eigenvalue weighted by Gasteiger charge is -2.15. The van der Waals surface area contributed by atoms with Gasteiger partial charge in [-0.05, 0) is 103 Å². The molecular formula is C54H62Cl4N4O9. The lowest BCUT2D eigenvalue weighted by Crippen LogP contribution is -2.13. The quantitative estimate of drug-likeness (QED) is 0.0652. The first-order valence-electron chi connectivity index (χ1n) is 24.3. The van der Waals surface area contributed by atoms with Gasteiger partial charge in [0.05, 0.1) is 11.4 Å². The maximum Gasteiger partial charge on any atom is 0.303 e. The minimum absolute atomic E-state index is 0.0397. The number of hydrogen-bond donors (Lipinski definition) is 2. The molecule has 0 aliphatic heterocycles. The number of nitrogens with zero attached hydrogens (tertiary/aromatic N) is 4. The van der Waals surface area contributed by atoms with E-state index in [0.717, 1.165) is 72.4 Å². The largest absolute Gasteiger partial charge is 0.481 e. The topological polar surface area (TPSA) is 196 Å². The van der Waals surface area contributed by atoms with Gasteiger partial charge in [0.2, 0.25) is 0 Å². The first-order valence-corrected chi connectivity index (χ1v) is 25.8. The highest BCUT2D eigenvalue weighted by molar-refractivity contribution is 6.35. The molecule has 0 spiro atoms. The van der Waals surface area contributed by atoms with Crippen molar-refractivity contribution in [3.05, 3.63) is 114 Å². The summed E-state index contributed by atoms with van der Waals surface area (Å²) in [5.41, 5.74) is 6.15. The molecule has 0 radical (unpaired) electrons. The van der Waals surface area contributed by atoms with Crippen molar-refractivity contribution in [2.45, 2.75) is 155 Å². The Hall–Kier alpha value is -4.79. The third-order valence-electron chi connectivity index (χ3n) is 12.4. The van der Waals surface area contributed by atoms with Gasteiger partial charge in [-0.15, -0.1) is 0 Å². The molecule has 2 aromatic carbocycles. The molecule has 0 amide bonds. The van der Waals surface area contributed by atoms with Crippen molar-refractivity contribution in [2.75, 3.05) is 6.61 Å². The molecule has 2 fully saturated rings. The summed E-state index contributed by atoms with van der Waals surface area (Å²) in [6.45, 7) is 12.9. The number of carbonyl (C=O) groups excluding carboxylic acids is 2. The molecule has 4 aromatic heterocycles. The predicted molar refractivity (Wildman–Crippen MR) is 273 cm³/mol. The molecule has 0 bridgehead atoms. The second-order valence-corrected chi connectivity index (χ2v) is 23.2. The van der Waals surface area contributed by atoms with Crippen molar-refractivity contribution < 1.29 is 42.7 Å². The number of aliphatic hydroxyl groups is 1. The summed E-state index contributed by atoms with van der Waals surface area (Å²) in [5, 5.41) is 38.1. The van der Waals surface area contributed by atoms with Gasteiger partial charge in [-0.3, -0.25) is 14.4 Å². The number of aliphatic hydroxyl groups excluding tert-OH is 1. The van der Waals surface area contributed by atoms with Crippen molar-refractivity contribution in [3.8, 4) is 22.9 Å². The van der Waals surface area contributed by atoms with Crippen molar-refractivity contribution in [2.24, 2.45) is 10.8 Å². The summed E-state index contributed by atoms with van der Waals surface area (Å²) >= 11 is 24.5. The first kappa shape index (κ1) is 54.0. The van der Waals surface area contributed by atoms with Gasteiger partial charge in [0.15, 0.2) is 22.9 Å². The van der Waals surface area contributed by atoms with Crippen LogP contribution in [-0.2, 0) is 40.1 Å². The van der Waals surface area contributed by atoms with E-state index >= 15 is 0 Å². The number of Topliss-reactive ketones (excluding diaryl/α,β-unsaturated/α-hetero) is 2. The van der Waals surface area contributed by atoms with Crippen LogP contribution in [-0.4, -0.2) is 55.0 Å². The standard InChI is InChI=1S/C27H30Cl2N2O5.C27H32Cl2N2O4/c1-27(2,3)14-20-13-22(30-35-20)26-24(15-4-5-15)25(31-36-26)17(7-9-23(33)34)11-19(32)10-16-6-8-18(28)12-21(16)29;1-27(2,3)15-21-14-23(30-34-21)26-24(16-6-7-16)25(31-35-26)18(5-4-10-32)12-20(33)11-17-8-9-19(28)13-22(17)29/h6,8,12-13,15,17H,4-5,7,9-11,14H2,1-3H3,(H,33,34);8-9,13-14,16,18,32H,4-7,10-12,15H2,1-3H3/t17-;18-/m00/s1. The van der Waals surface area contributed by atoms with Gasteiger partial charge in [-0.25, -0.2) is 0 Å². The lowest BCUT2D eigenvalue weighted by molar-refractivity contribution is -0.137. The second kappa shape index (κ2) is 23.4. The molecule has 71 heavy (non-hydrogen) atoms. The van der Waals surface area contributed by atoms with E-state index in [4.69, 9.17) is 64.5 Å². The zero-order valence-electron chi connectivity index (χ0n) is 41.1. The average molecular weight is 1050 g/mol. The van der Waals surface area contributed by atoms with E-state index in [1.807, 2.05) is 12.1 Å². The maximum absolute atomic E-state index is 13.1. The number of hydrogen-bond acceptors (Lipinski definition) is 12. The minimum atomic E-state index is -0.923. The number of ketones is 2. The zero-order chi connectivity index (χ0) is 51.2. The molecule has 8 rings (SSSR count). The highest BCUT2D eigenvalue weighted by atomic mass is 35.5. The zero-order valence-corrected chi connectivity index (χ0v) is 44.1. The van der Waals surface area contributed by atoms with Crippen LogP contribution in [0.25, 0.3) is 22.9 Å². The van der Waals surface area contributed by atoms with E-state index < -0.39 is 11.9 Å². The van der Waals surface area contributed by atoms with Gasteiger partial charge in [0.25, 0.3) is 0 Å². The Bertz CT molecular complexity index is 2810. The van der Waals surface area contributed by atoms with Gasteiger partial charge >= 0.3 is 5.97 Å². The molecule has 13 nitrogen and oxygen atoms in total. The molecule has 0 unspecified atom stereocenters. The number of aliphatic carboxylic acids is 1. The molecule has 380 valence electrons. The highest BCUT2D eigenvalue weighted by Gasteiger charge is 2.39. The molecular weight excluding hydrogens is 990 g/mol. The highest BCUT2D eigenvalue weighted by Crippen LogP contribution is 2.50. The van der Waals surface area contributed by atoms with E-state index in [-0.39, 0.29) is 72.9 Å². The number of carboxylic acids is 1. The van der Waals surface area contributed by atoms with Crippen LogP contribution < -0.4 is 0 Å². The monoisotopic (exact) mass is 1050 g/mol. The van der Waals surface area contributed by atoms with Crippen LogP contribution in [0.3, 0.4) is 0 Å². The van der Waals surface area contributed by atoms with Gasteiger partial charge in [0, 0.05) is 107 Å². The maximum atomic E-state index is 13.1. The number of benzene rings is 2. The fourth-order valence-corrected chi connectivity index (χ4v) is 9.87. The third kappa shape index (κ3) is 15.4. The van der Waals surface area contributed by atoms with Crippen molar-refractivity contribution in [1.29, 1.82) is 0 Å². The SMILES string of the molecule is CC(C)(C)Cc1cc(-c2onc([C@@H](CCC(=O)O)CC(=O)Cc3ccc(Cl)cc3Cl)c2C2CC2)no1.CC(C)(C)Cc1cc(-c2onc([C@@H](CCCO)CC(=O)Cc3ccc(Cl)cc3Cl)c2C2CC2)no1. The Morgan fingerprint density at radius 2 is 1.04 bits per heavy atom. The molecule has 2 N–H and O–H groups in total. The van der Waals surface area contributed by atoms with Crippen LogP contribution in [0, 0.1) is 10.8 Å². The van der Waals surface area contributed by atoms with Gasteiger partial charge in [-0.2, -0.15) is 0 Å². The summed E-state index contributed by atoms with van der Waals surface area (Å²) in [5.74, 6) is 1.85. The minimum Gasteiger partial charge on any atom is -0.481 e. The molecule has 2 aliphatic carbocycles. The fourth-order valence-electron chi connectivity index (χ4n) is 8.92. The number of aromatic nitrogens is 4. The Labute approximate surface area is 434 Å². The van der Waals surface area contributed by atoms with Crippen LogP contribution in [0.5, 0.6) is 0 Å². The van der Waals surface area contributed by atoms with Crippen molar-refractivity contribution in [1.82, 2.24) is 20.6 Å². The van der Waals surface area contributed by atoms with E-state index in [1.54, 1.807) is 36.4 Å². The number of carbonyl (C=O) groups is 3. The summed E-state index contributed by atoms with van der Waals surface area (Å²) in [6, 6.07) is 14.0. The molecule has 0 saturated heterocycles. The Morgan fingerprint density at radius 3 is 1.41 bits per heavy atom. The van der Waals surface area contributed by atoms with Crippen LogP contribution in [0.1, 0.15) is 175 Å². The Morgan fingerprint density at radius 1 is 0.620 bits per heavy atom. The first-order chi connectivity index (χ1) is 33.6. The normalized spacial score (nSPS) is 14.8. The predicted octanol–water partition coefficient (Wildman–Crippen LogP) is 14.4. The summed E-state index contributed by atoms with van der Waals surface area (Å²) in [4.78, 5) is 37.5. The average Bonchev–Trinajstić information content (AvgIpc) is 4.09. The van der Waals surface area contributed by atoms with Crippen LogP contribution in [0.15, 0.2) is 66.6 Å². The fraction of sp³-hybridized carbons (Fsp3) is 0.500. The smallest absolute Gasteiger partial charge is 0.303 e. The van der Waals surface area contributed by atoms with Crippen molar-refractivity contribution in [3.63, 3.8) is 0 Å². The molecule has 4 heterocycles. The third-order valence-corrected chi connectivity index (χ3v) is 13.6. The molecule has 2 atom stereocenters. The lowest BCUT2D eigenvalue weighted by atomic mass is 9.87. The second-order valence-electron chi connectivity index (χ2n) is 21.5. The van der Waals surface area contributed by atoms with Crippen LogP contribution in [0.2, 0.25) is 20.1 Å². The van der Waals surface area contributed by atoms with E-state index in [1.165, 1.54) is 0 Å². The van der Waals surface area contributed by atoms with Crippen LogP contribution in [0.4, 0.5) is 0 Å².